The Morgan fingerprint density at radius 2 is 1.95 bits per heavy atom. The lowest BCUT2D eigenvalue weighted by Gasteiger charge is -2.21. The monoisotopic (exact) mass is 357 g/mol. The van der Waals surface area contributed by atoms with Gasteiger partial charge in [0.05, 0.1) is 6.04 Å². The molecule has 1 N–H and O–H groups in total. The molecule has 0 amide bonds. The molecule has 0 aliphatic rings. The van der Waals surface area contributed by atoms with E-state index in [4.69, 9.17) is 0 Å². The average molecular weight is 358 g/mol. The minimum Gasteiger partial charge on any atom is -0.334 e. The standard InChI is InChI=1S/C15H18BrF2N3/c1-3-5-19-14(15-20-6-7-21(15)4-2)13-11(17)8-10(16)9-12(13)18/h6-9,14,19H,3-5H2,1-2H3. The fourth-order valence-corrected chi connectivity index (χ4v) is 2.69. The zero-order valence-corrected chi connectivity index (χ0v) is 13.6. The van der Waals surface area contributed by atoms with Gasteiger partial charge >= 0.3 is 0 Å². The first-order valence-corrected chi connectivity index (χ1v) is 7.76. The number of nitrogens with one attached hydrogen (secondary N) is 1. The molecule has 0 radical (unpaired) electrons. The lowest BCUT2D eigenvalue weighted by Crippen LogP contribution is -2.28. The highest BCUT2D eigenvalue weighted by molar-refractivity contribution is 9.10. The van der Waals surface area contributed by atoms with Crippen LogP contribution in [0.4, 0.5) is 8.78 Å². The number of benzene rings is 1. The molecule has 0 aliphatic heterocycles. The van der Waals surface area contributed by atoms with Gasteiger partial charge in [0.25, 0.3) is 0 Å². The Kier molecular flexibility index (Phi) is 5.47. The molecule has 0 fully saturated rings. The fourth-order valence-electron chi connectivity index (χ4n) is 2.29. The molecule has 1 heterocycles. The van der Waals surface area contributed by atoms with Gasteiger partial charge < -0.3 is 9.88 Å². The van der Waals surface area contributed by atoms with Crippen LogP contribution >= 0.6 is 15.9 Å². The molecular formula is C15H18BrF2N3. The summed E-state index contributed by atoms with van der Waals surface area (Å²) in [5.41, 5.74) is 0.00699. The van der Waals surface area contributed by atoms with Crippen LogP contribution in [-0.4, -0.2) is 16.1 Å². The van der Waals surface area contributed by atoms with Crippen LogP contribution in [0.3, 0.4) is 0 Å². The van der Waals surface area contributed by atoms with Gasteiger partial charge in [0.2, 0.25) is 0 Å². The summed E-state index contributed by atoms with van der Waals surface area (Å²) in [5.74, 6) is -0.548. The smallest absolute Gasteiger partial charge is 0.132 e. The molecular weight excluding hydrogens is 340 g/mol. The highest BCUT2D eigenvalue weighted by Crippen LogP contribution is 2.28. The summed E-state index contributed by atoms with van der Waals surface area (Å²) in [7, 11) is 0. The SMILES string of the molecule is CCCNC(c1c(F)cc(Br)cc1F)c1nccn1CC. The van der Waals surface area contributed by atoms with E-state index in [-0.39, 0.29) is 5.56 Å². The number of nitrogens with zero attached hydrogens (tertiary/aromatic N) is 2. The second kappa shape index (κ2) is 7.13. The first-order valence-electron chi connectivity index (χ1n) is 6.97. The average Bonchev–Trinajstić information content (AvgIpc) is 2.89. The van der Waals surface area contributed by atoms with Crippen molar-refractivity contribution in [1.82, 2.24) is 14.9 Å². The Morgan fingerprint density at radius 3 is 2.52 bits per heavy atom. The third kappa shape index (κ3) is 3.49. The van der Waals surface area contributed by atoms with Crippen molar-refractivity contribution in [3.8, 4) is 0 Å². The summed E-state index contributed by atoms with van der Waals surface area (Å²) in [6.07, 6.45) is 4.32. The zero-order chi connectivity index (χ0) is 15.4. The molecule has 0 spiro atoms. The third-order valence-electron chi connectivity index (χ3n) is 3.28. The van der Waals surface area contributed by atoms with Crippen molar-refractivity contribution in [2.45, 2.75) is 32.9 Å². The Bertz CT molecular complexity index is 590. The summed E-state index contributed by atoms with van der Waals surface area (Å²) in [5, 5.41) is 3.19. The van der Waals surface area contributed by atoms with E-state index in [1.54, 1.807) is 6.20 Å². The van der Waals surface area contributed by atoms with Crippen LogP contribution in [0.25, 0.3) is 0 Å². The number of halogens is 3. The van der Waals surface area contributed by atoms with Crippen LogP contribution in [-0.2, 0) is 6.54 Å². The van der Waals surface area contributed by atoms with E-state index < -0.39 is 17.7 Å². The number of rotatable bonds is 6. The summed E-state index contributed by atoms with van der Waals surface area (Å²) in [4.78, 5) is 4.28. The normalized spacial score (nSPS) is 12.6. The van der Waals surface area contributed by atoms with E-state index in [0.29, 0.717) is 23.4 Å². The van der Waals surface area contributed by atoms with Gasteiger partial charge in [0.15, 0.2) is 0 Å². The molecule has 0 aliphatic carbocycles. The Morgan fingerprint density at radius 1 is 1.29 bits per heavy atom. The highest BCUT2D eigenvalue weighted by atomic mass is 79.9. The molecule has 0 saturated heterocycles. The molecule has 21 heavy (non-hydrogen) atoms. The predicted octanol–water partition coefficient (Wildman–Crippen LogP) is 4.03. The Labute approximate surface area is 131 Å². The van der Waals surface area contributed by atoms with Gasteiger partial charge in [-0.1, -0.05) is 22.9 Å². The van der Waals surface area contributed by atoms with Gasteiger partial charge in [0.1, 0.15) is 17.5 Å². The summed E-state index contributed by atoms with van der Waals surface area (Å²) in [6.45, 7) is 5.32. The number of aromatic nitrogens is 2. The van der Waals surface area contributed by atoms with Crippen LogP contribution in [0.15, 0.2) is 29.0 Å². The van der Waals surface area contributed by atoms with Crippen molar-refractivity contribution in [3.05, 3.63) is 52.0 Å². The Hall–Kier alpha value is -1.27. The quantitative estimate of drug-likeness (QED) is 0.845. The fraction of sp³-hybridized carbons (Fsp3) is 0.400. The van der Waals surface area contributed by atoms with Crippen LogP contribution in [0.2, 0.25) is 0 Å². The molecule has 1 atom stereocenters. The van der Waals surface area contributed by atoms with Crippen LogP contribution in [0.1, 0.15) is 37.7 Å². The highest BCUT2D eigenvalue weighted by Gasteiger charge is 2.25. The topological polar surface area (TPSA) is 29.9 Å². The third-order valence-corrected chi connectivity index (χ3v) is 3.74. The molecule has 1 aromatic carbocycles. The molecule has 6 heteroatoms. The van der Waals surface area contributed by atoms with Crippen molar-refractivity contribution in [2.24, 2.45) is 0 Å². The summed E-state index contributed by atoms with van der Waals surface area (Å²) < 4.78 is 30.8. The van der Waals surface area contributed by atoms with E-state index >= 15 is 0 Å². The van der Waals surface area contributed by atoms with Gasteiger partial charge in [-0.05, 0) is 32.0 Å². The maximum atomic E-state index is 14.3. The maximum absolute atomic E-state index is 14.3. The van der Waals surface area contributed by atoms with E-state index in [0.717, 1.165) is 6.42 Å². The van der Waals surface area contributed by atoms with Gasteiger partial charge in [0, 0.05) is 29.0 Å². The second-order valence-corrected chi connectivity index (χ2v) is 5.66. The minimum absolute atomic E-state index is 0.00699. The van der Waals surface area contributed by atoms with Gasteiger partial charge in [-0.15, -0.1) is 0 Å². The van der Waals surface area contributed by atoms with Crippen LogP contribution in [0, 0.1) is 11.6 Å². The number of hydrogen-bond acceptors (Lipinski definition) is 2. The first-order chi connectivity index (χ1) is 10.1. The minimum atomic E-state index is -0.604. The molecule has 2 aromatic rings. The van der Waals surface area contributed by atoms with Crippen LogP contribution in [0.5, 0.6) is 0 Å². The van der Waals surface area contributed by atoms with E-state index in [1.807, 2.05) is 24.6 Å². The largest absolute Gasteiger partial charge is 0.334 e. The van der Waals surface area contributed by atoms with Gasteiger partial charge in [-0.2, -0.15) is 0 Å². The molecule has 0 bridgehead atoms. The molecule has 0 saturated carbocycles. The van der Waals surface area contributed by atoms with Crippen molar-refractivity contribution < 1.29 is 8.78 Å². The van der Waals surface area contributed by atoms with Crippen molar-refractivity contribution >= 4 is 15.9 Å². The van der Waals surface area contributed by atoms with Gasteiger partial charge in [-0.3, -0.25) is 0 Å². The van der Waals surface area contributed by atoms with Gasteiger partial charge in [-0.25, -0.2) is 13.8 Å². The lowest BCUT2D eigenvalue weighted by molar-refractivity contribution is 0.478. The van der Waals surface area contributed by atoms with E-state index in [2.05, 4.69) is 26.2 Å². The van der Waals surface area contributed by atoms with Crippen molar-refractivity contribution in [1.29, 1.82) is 0 Å². The number of aryl methyl sites for hydroxylation is 1. The number of imidazole rings is 1. The molecule has 114 valence electrons. The summed E-state index contributed by atoms with van der Waals surface area (Å²) >= 11 is 3.10. The van der Waals surface area contributed by atoms with Crippen LogP contribution < -0.4 is 5.32 Å². The zero-order valence-electron chi connectivity index (χ0n) is 12.0. The maximum Gasteiger partial charge on any atom is 0.132 e. The first kappa shape index (κ1) is 16.1. The number of hydrogen-bond donors (Lipinski definition) is 1. The predicted molar refractivity (Wildman–Crippen MR) is 82.1 cm³/mol. The molecule has 2 rings (SSSR count). The molecule has 3 nitrogen and oxygen atoms in total. The van der Waals surface area contributed by atoms with E-state index in [1.165, 1.54) is 12.1 Å². The second-order valence-electron chi connectivity index (χ2n) is 4.74. The lowest BCUT2D eigenvalue weighted by atomic mass is 10.0. The van der Waals surface area contributed by atoms with E-state index in [9.17, 15) is 8.78 Å². The molecule has 1 aromatic heterocycles. The molecule has 1 unspecified atom stereocenters. The van der Waals surface area contributed by atoms with Crippen molar-refractivity contribution in [3.63, 3.8) is 0 Å². The van der Waals surface area contributed by atoms with Crippen molar-refractivity contribution in [2.75, 3.05) is 6.54 Å². The summed E-state index contributed by atoms with van der Waals surface area (Å²) in [6, 6.07) is 1.95. The Balaban J connectivity index is 2.51.